The number of benzene rings is 1. The van der Waals surface area contributed by atoms with Crippen molar-refractivity contribution in [3.63, 3.8) is 0 Å². The number of thiazole rings is 1. The molecule has 1 saturated heterocycles. The zero-order valence-electron chi connectivity index (χ0n) is 13.4. The lowest BCUT2D eigenvalue weighted by Crippen LogP contribution is -2.44. The van der Waals surface area contributed by atoms with Crippen LogP contribution in [0.15, 0.2) is 24.3 Å². The summed E-state index contributed by atoms with van der Waals surface area (Å²) < 4.78 is 1.23. The molecule has 0 radical (unpaired) electrons. The molecule has 2 aromatic rings. The molecule has 0 spiro atoms. The summed E-state index contributed by atoms with van der Waals surface area (Å²) in [6.07, 6.45) is 1.77. The summed E-state index contributed by atoms with van der Waals surface area (Å²) in [7, 11) is 0. The third-order valence-corrected chi connectivity index (χ3v) is 5.23. The number of carbonyl (C=O) groups excluding carboxylic acids is 1. The molecule has 0 bridgehead atoms. The first-order valence-electron chi connectivity index (χ1n) is 7.95. The van der Waals surface area contributed by atoms with Gasteiger partial charge in [-0.05, 0) is 39.3 Å². The molecule has 2 unspecified atom stereocenters. The van der Waals surface area contributed by atoms with Crippen molar-refractivity contribution in [2.45, 2.75) is 51.7 Å². The molecule has 1 amide bonds. The third kappa shape index (κ3) is 3.15. The molecule has 1 N–H and O–H groups in total. The molecule has 0 saturated carbocycles. The van der Waals surface area contributed by atoms with E-state index >= 15 is 0 Å². The molecule has 0 aliphatic carbocycles. The van der Waals surface area contributed by atoms with E-state index < -0.39 is 0 Å². The summed E-state index contributed by atoms with van der Waals surface area (Å²) in [6, 6.07) is 8.73. The first-order valence-corrected chi connectivity index (χ1v) is 8.77. The predicted octanol–water partition coefficient (Wildman–Crippen LogP) is 2.83. The number of hydrogen-bond acceptors (Lipinski definition) is 4. The second-order valence-corrected chi connectivity index (χ2v) is 7.43. The Bertz CT molecular complexity index is 634. The van der Waals surface area contributed by atoms with Crippen molar-refractivity contribution in [1.82, 2.24) is 15.2 Å². The van der Waals surface area contributed by atoms with Crippen molar-refractivity contribution in [2.75, 3.05) is 6.54 Å². The lowest BCUT2D eigenvalue weighted by atomic mass is 10.2. The second kappa shape index (κ2) is 6.34. The maximum atomic E-state index is 12.3. The monoisotopic (exact) mass is 317 g/mol. The molecule has 5 heteroatoms. The fourth-order valence-electron chi connectivity index (χ4n) is 3.04. The topological polar surface area (TPSA) is 45.2 Å². The number of aromatic nitrogens is 1. The number of rotatable bonds is 5. The zero-order valence-corrected chi connectivity index (χ0v) is 14.2. The molecular formula is C17H23N3OS. The van der Waals surface area contributed by atoms with E-state index in [1.54, 1.807) is 11.3 Å². The van der Waals surface area contributed by atoms with E-state index in [1.165, 1.54) is 4.70 Å². The first-order chi connectivity index (χ1) is 10.5. The number of amides is 1. The van der Waals surface area contributed by atoms with E-state index in [2.05, 4.69) is 43.2 Å². The number of nitrogens with zero attached hydrogens (tertiary/aromatic N) is 2. The van der Waals surface area contributed by atoms with Gasteiger partial charge in [0.1, 0.15) is 0 Å². The Morgan fingerprint density at radius 2 is 2.14 bits per heavy atom. The van der Waals surface area contributed by atoms with Crippen molar-refractivity contribution in [3.8, 4) is 0 Å². The molecule has 2 atom stereocenters. The number of likely N-dealkylation sites (tertiary alicyclic amines) is 1. The van der Waals surface area contributed by atoms with Gasteiger partial charge in [0.05, 0.1) is 21.3 Å². The Balaban J connectivity index is 1.61. The van der Waals surface area contributed by atoms with Crippen LogP contribution in [0.3, 0.4) is 0 Å². The predicted molar refractivity (Wildman–Crippen MR) is 91.2 cm³/mol. The fourth-order valence-corrected chi connectivity index (χ4v) is 4.14. The maximum absolute atomic E-state index is 12.3. The lowest BCUT2D eigenvalue weighted by molar-refractivity contribution is -0.130. The molecule has 1 fully saturated rings. The van der Waals surface area contributed by atoms with E-state index in [-0.39, 0.29) is 18.0 Å². The van der Waals surface area contributed by atoms with Gasteiger partial charge in [-0.1, -0.05) is 12.1 Å². The normalized spacial score (nSPS) is 20.3. The van der Waals surface area contributed by atoms with Crippen molar-refractivity contribution in [2.24, 2.45) is 0 Å². The zero-order chi connectivity index (χ0) is 15.7. The lowest BCUT2D eigenvalue weighted by Gasteiger charge is -2.22. The highest BCUT2D eigenvalue weighted by Crippen LogP contribution is 2.23. The molecule has 1 aliphatic heterocycles. The quantitative estimate of drug-likeness (QED) is 0.922. The smallest absolute Gasteiger partial charge is 0.240 e. The van der Waals surface area contributed by atoms with E-state index in [0.717, 1.165) is 29.9 Å². The van der Waals surface area contributed by atoms with Crippen LogP contribution in [-0.2, 0) is 11.2 Å². The van der Waals surface area contributed by atoms with Gasteiger partial charge in [-0.15, -0.1) is 11.3 Å². The van der Waals surface area contributed by atoms with Crippen LogP contribution < -0.4 is 5.32 Å². The van der Waals surface area contributed by atoms with Crippen LogP contribution in [-0.4, -0.2) is 40.5 Å². The highest BCUT2D eigenvalue weighted by molar-refractivity contribution is 7.18. The average molecular weight is 317 g/mol. The van der Waals surface area contributed by atoms with Gasteiger partial charge in [-0.25, -0.2) is 4.98 Å². The van der Waals surface area contributed by atoms with E-state index in [4.69, 9.17) is 0 Å². The summed E-state index contributed by atoms with van der Waals surface area (Å²) >= 11 is 1.74. The van der Waals surface area contributed by atoms with Gasteiger partial charge in [0.2, 0.25) is 5.91 Å². The van der Waals surface area contributed by atoms with Crippen molar-refractivity contribution in [3.05, 3.63) is 29.3 Å². The highest BCUT2D eigenvalue weighted by Gasteiger charge is 2.33. The van der Waals surface area contributed by atoms with Crippen LogP contribution in [0.25, 0.3) is 10.2 Å². The second-order valence-electron chi connectivity index (χ2n) is 6.31. The van der Waals surface area contributed by atoms with Gasteiger partial charge >= 0.3 is 0 Å². The number of fused-ring (bicyclic) bond motifs is 1. The van der Waals surface area contributed by atoms with Crippen LogP contribution in [0.1, 0.15) is 32.2 Å². The van der Waals surface area contributed by atoms with Crippen LogP contribution in [0, 0.1) is 0 Å². The number of nitrogens with one attached hydrogen (secondary N) is 1. The standard InChI is InChI=1S/C17H23N3OS/c1-11(2)20-9-8-14(17(20)21)18-12(3)10-16-19-13-6-4-5-7-15(13)22-16/h4-7,11-12,14,18H,8-10H2,1-3H3. The van der Waals surface area contributed by atoms with Gasteiger partial charge in [-0.3, -0.25) is 4.79 Å². The largest absolute Gasteiger partial charge is 0.339 e. The minimum Gasteiger partial charge on any atom is -0.339 e. The Morgan fingerprint density at radius 3 is 2.82 bits per heavy atom. The van der Waals surface area contributed by atoms with Crippen molar-refractivity contribution in [1.29, 1.82) is 0 Å². The molecule has 1 aromatic carbocycles. The van der Waals surface area contributed by atoms with Crippen LogP contribution >= 0.6 is 11.3 Å². The fraction of sp³-hybridized carbons (Fsp3) is 0.529. The van der Waals surface area contributed by atoms with Gasteiger partial charge < -0.3 is 10.2 Å². The molecule has 1 aliphatic rings. The molecular weight excluding hydrogens is 294 g/mol. The number of para-hydroxylation sites is 1. The molecule has 118 valence electrons. The van der Waals surface area contributed by atoms with Gasteiger partial charge in [0, 0.05) is 25.0 Å². The minimum absolute atomic E-state index is 0.0354. The maximum Gasteiger partial charge on any atom is 0.240 e. The summed E-state index contributed by atoms with van der Waals surface area (Å²) in [6.45, 7) is 7.15. The van der Waals surface area contributed by atoms with Crippen LogP contribution in [0.4, 0.5) is 0 Å². The summed E-state index contributed by atoms with van der Waals surface area (Å²) in [4.78, 5) is 19.0. The number of hydrogen-bond donors (Lipinski definition) is 1. The summed E-state index contributed by atoms with van der Waals surface area (Å²) in [5.74, 6) is 0.242. The Hall–Kier alpha value is -1.46. The Kier molecular flexibility index (Phi) is 4.45. The molecule has 22 heavy (non-hydrogen) atoms. The Morgan fingerprint density at radius 1 is 1.36 bits per heavy atom. The molecule has 3 rings (SSSR count). The van der Waals surface area contributed by atoms with Crippen LogP contribution in [0.5, 0.6) is 0 Å². The first kappa shape index (κ1) is 15.4. The van der Waals surface area contributed by atoms with Crippen molar-refractivity contribution >= 4 is 27.5 Å². The van der Waals surface area contributed by atoms with Crippen molar-refractivity contribution < 1.29 is 4.79 Å². The summed E-state index contributed by atoms with van der Waals surface area (Å²) in [5.41, 5.74) is 1.07. The molecule has 1 aromatic heterocycles. The average Bonchev–Trinajstić information content (AvgIpc) is 3.02. The number of carbonyl (C=O) groups is 1. The molecule has 4 nitrogen and oxygen atoms in total. The van der Waals surface area contributed by atoms with E-state index in [0.29, 0.717) is 6.04 Å². The highest BCUT2D eigenvalue weighted by atomic mass is 32.1. The van der Waals surface area contributed by atoms with E-state index in [9.17, 15) is 4.79 Å². The molecule has 2 heterocycles. The van der Waals surface area contributed by atoms with Gasteiger partial charge in [0.15, 0.2) is 0 Å². The SMILES string of the molecule is CC(Cc1nc2ccccc2s1)NC1CCN(C(C)C)C1=O. The van der Waals surface area contributed by atoms with Gasteiger partial charge in [-0.2, -0.15) is 0 Å². The minimum atomic E-state index is -0.0354. The van der Waals surface area contributed by atoms with Crippen LogP contribution in [0.2, 0.25) is 0 Å². The van der Waals surface area contributed by atoms with Gasteiger partial charge in [0.25, 0.3) is 0 Å². The Labute approximate surface area is 135 Å². The van der Waals surface area contributed by atoms with E-state index in [1.807, 2.05) is 17.0 Å². The third-order valence-electron chi connectivity index (χ3n) is 4.17. The summed E-state index contributed by atoms with van der Waals surface area (Å²) in [5, 5.41) is 4.61.